The summed E-state index contributed by atoms with van der Waals surface area (Å²) in [5.74, 6) is 0. The van der Waals surface area contributed by atoms with Crippen LogP contribution in [-0.2, 0) is 0 Å². The topological polar surface area (TPSA) is 46.2 Å². The first kappa shape index (κ1) is 11.8. The number of aryl methyl sites for hydroxylation is 1. The Bertz CT molecular complexity index is 508. The van der Waals surface area contributed by atoms with E-state index in [1.807, 2.05) is 30.3 Å². The number of benzene rings is 2. The molecule has 2 aromatic carbocycles. The number of rotatable bonds is 3. The monoisotopic (exact) mass is 227 g/mol. The second-order valence-corrected chi connectivity index (χ2v) is 4.23. The maximum Gasteiger partial charge on any atom is 0.0624 e. The molecule has 2 heteroatoms. The van der Waals surface area contributed by atoms with Crippen LogP contribution >= 0.6 is 0 Å². The molecule has 0 heterocycles. The van der Waals surface area contributed by atoms with Crippen molar-refractivity contribution in [3.63, 3.8) is 0 Å². The van der Waals surface area contributed by atoms with E-state index in [-0.39, 0.29) is 12.6 Å². The van der Waals surface area contributed by atoms with Crippen LogP contribution in [0.3, 0.4) is 0 Å². The van der Waals surface area contributed by atoms with E-state index in [4.69, 9.17) is 10.8 Å². The minimum atomic E-state index is -0.307. The molecule has 0 saturated carbocycles. The number of hydrogen-bond donors (Lipinski definition) is 2. The summed E-state index contributed by atoms with van der Waals surface area (Å²) in [5, 5.41) is 9.08. The van der Waals surface area contributed by atoms with E-state index >= 15 is 0 Å². The van der Waals surface area contributed by atoms with Crippen LogP contribution in [-0.4, -0.2) is 11.7 Å². The number of nitrogens with two attached hydrogens (primary N) is 1. The van der Waals surface area contributed by atoms with Gasteiger partial charge >= 0.3 is 0 Å². The lowest BCUT2D eigenvalue weighted by molar-refractivity contribution is 0.268. The molecule has 88 valence electrons. The molecule has 0 bridgehead atoms. The minimum Gasteiger partial charge on any atom is -0.394 e. The van der Waals surface area contributed by atoms with Gasteiger partial charge in [0.15, 0.2) is 0 Å². The van der Waals surface area contributed by atoms with Gasteiger partial charge in [-0.15, -0.1) is 0 Å². The standard InChI is InChI=1S/C15H17NO/c1-11-5-2-3-8-14(11)12-6-4-7-13(9-12)15(16)10-17/h2-9,15,17H,10,16H2,1H3/t15-/m1/s1. The summed E-state index contributed by atoms with van der Waals surface area (Å²) >= 11 is 0. The van der Waals surface area contributed by atoms with Gasteiger partial charge in [-0.3, -0.25) is 0 Å². The predicted molar refractivity (Wildman–Crippen MR) is 70.6 cm³/mol. The van der Waals surface area contributed by atoms with Crippen molar-refractivity contribution in [2.24, 2.45) is 5.73 Å². The van der Waals surface area contributed by atoms with Gasteiger partial charge in [-0.05, 0) is 35.2 Å². The zero-order chi connectivity index (χ0) is 12.3. The van der Waals surface area contributed by atoms with E-state index in [1.165, 1.54) is 11.1 Å². The summed E-state index contributed by atoms with van der Waals surface area (Å²) in [5.41, 5.74) is 10.4. The molecule has 0 aliphatic heterocycles. The second kappa shape index (κ2) is 5.13. The fourth-order valence-electron chi connectivity index (χ4n) is 1.94. The van der Waals surface area contributed by atoms with Gasteiger partial charge < -0.3 is 10.8 Å². The SMILES string of the molecule is Cc1ccccc1-c1cccc([C@H](N)CO)c1. The minimum absolute atomic E-state index is 0.0305. The quantitative estimate of drug-likeness (QED) is 0.846. The van der Waals surface area contributed by atoms with Crippen LogP contribution in [0.15, 0.2) is 48.5 Å². The highest BCUT2D eigenvalue weighted by Crippen LogP contribution is 2.25. The molecule has 0 amide bonds. The Kier molecular flexibility index (Phi) is 3.57. The average Bonchev–Trinajstić information content (AvgIpc) is 2.38. The van der Waals surface area contributed by atoms with E-state index in [0.717, 1.165) is 11.1 Å². The van der Waals surface area contributed by atoms with Crippen LogP contribution in [0.25, 0.3) is 11.1 Å². The van der Waals surface area contributed by atoms with Crippen molar-refractivity contribution in [3.8, 4) is 11.1 Å². The van der Waals surface area contributed by atoms with Crippen LogP contribution in [0.2, 0.25) is 0 Å². The molecule has 0 aromatic heterocycles. The first-order valence-corrected chi connectivity index (χ1v) is 5.75. The third-order valence-corrected chi connectivity index (χ3v) is 2.97. The van der Waals surface area contributed by atoms with Crippen molar-refractivity contribution in [3.05, 3.63) is 59.7 Å². The summed E-state index contributed by atoms with van der Waals surface area (Å²) in [4.78, 5) is 0. The Morgan fingerprint density at radius 2 is 1.88 bits per heavy atom. The normalized spacial score (nSPS) is 12.4. The summed E-state index contributed by atoms with van der Waals surface area (Å²) in [7, 11) is 0. The van der Waals surface area contributed by atoms with E-state index in [9.17, 15) is 0 Å². The third-order valence-electron chi connectivity index (χ3n) is 2.97. The van der Waals surface area contributed by atoms with Crippen molar-refractivity contribution in [1.29, 1.82) is 0 Å². The van der Waals surface area contributed by atoms with E-state index in [2.05, 4.69) is 25.1 Å². The Balaban J connectivity index is 2.43. The lowest BCUT2D eigenvalue weighted by Crippen LogP contribution is -2.14. The smallest absolute Gasteiger partial charge is 0.0624 e. The van der Waals surface area contributed by atoms with Gasteiger partial charge in [0.1, 0.15) is 0 Å². The van der Waals surface area contributed by atoms with Crippen LogP contribution in [0.5, 0.6) is 0 Å². The molecular formula is C15H17NO. The molecule has 0 radical (unpaired) electrons. The average molecular weight is 227 g/mol. The Labute approximate surface area is 102 Å². The van der Waals surface area contributed by atoms with E-state index in [0.29, 0.717) is 0 Å². The van der Waals surface area contributed by atoms with Gasteiger partial charge in [-0.1, -0.05) is 42.5 Å². The number of aliphatic hydroxyl groups is 1. The van der Waals surface area contributed by atoms with Crippen LogP contribution in [0.4, 0.5) is 0 Å². The molecule has 3 N–H and O–H groups in total. The largest absolute Gasteiger partial charge is 0.394 e. The summed E-state index contributed by atoms with van der Waals surface area (Å²) in [6, 6.07) is 16.0. The molecule has 0 aliphatic rings. The highest BCUT2D eigenvalue weighted by molar-refractivity contribution is 5.67. The zero-order valence-corrected chi connectivity index (χ0v) is 9.93. The molecule has 0 fully saturated rings. The molecule has 2 nitrogen and oxygen atoms in total. The molecule has 0 unspecified atom stereocenters. The molecular weight excluding hydrogens is 210 g/mol. The van der Waals surface area contributed by atoms with Gasteiger partial charge in [0.25, 0.3) is 0 Å². The molecule has 1 atom stereocenters. The van der Waals surface area contributed by atoms with Gasteiger partial charge in [0.2, 0.25) is 0 Å². The Morgan fingerprint density at radius 3 is 2.59 bits per heavy atom. The van der Waals surface area contributed by atoms with Crippen molar-refractivity contribution >= 4 is 0 Å². The molecule has 2 rings (SSSR count). The van der Waals surface area contributed by atoms with Gasteiger partial charge in [-0.25, -0.2) is 0 Å². The number of aliphatic hydroxyl groups excluding tert-OH is 1. The molecule has 0 aliphatic carbocycles. The highest BCUT2D eigenvalue weighted by atomic mass is 16.3. The zero-order valence-electron chi connectivity index (χ0n) is 9.93. The number of hydrogen-bond acceptors (Lipinski definition) is 2. The first-order valence-electron chi connectivity index (χ1n) is 5.75. The highest BCUT2D eigenvalue weighted by Gasteiger charge is 2.06. The van der Waals surface area contributed by atoms with Crippen LogP contribution < -0.4 is 5.73 Å². The van der Waals surface area contributed by atoms with Gasteiger partial charge in [0, 0.05) is 0 Å². The van der Waals surface area contributed by atoms with Crippen molar-refractivity contribution < 1.29 is 5.11 Å². The summed E-state index contributed by atoms with van der Waals surface area (Å²) in [6.45, 7) is 2.06. The van der Waals surface area contributed by atoms with Crippen molar-refractivity contribution in [2.75, 3.05) is 6.61 Å². The first-order chi connectivity index (χ1) is 8.22. The van der Waals surface area contributed by atoms with Crippen LogP contribution in [0.1, 0.15) is 17.2 Å². The van der Waals surface area contributed by atoms with Crippen molar-refractivity contribution in [1.82, 2.24) is 0 Å². The maximum atomic E-state index is 9.08. The Morgan fingerprint density at radius 1 is 1.12 bits per heavy atom. The maximum absolute atomic E-state index is 9.08. The summed E-state index contributed by atoms with van der Waals surface area (Å²) < 4.78 is 0. The fraction of sp³-hybridized carbons (Fsp3) is 0.200. The third kappa shape index (κ3) is 2.54. The van der Waals surface area contributed by atoms with Crippen molar-refractivity contribution in [2.45, 2.75) is 13.0 Å². The van der Waals surface area contributed by atoms with Crippen LogP contribution in [0, 0.1) is 6.92 Å². The fourth-order valence-corrected chi connectivity index (χ4v) is 1.94. The van der Waals surface area contributed by atoms with Gasteiger partial charge in [-0.2, -0.15) is 0 Å². The second-order valence-electron chi connectivity index (χ2n) is 4.23. The predicted octanol–water partition coefficient (Wildman–Crippen LogP) is 2.65. The van der Waals surface area contributed by atoms with E-state index < -0.39 is 0 Å². The Hall–Kier alpha value is -1.64. The van der Waals surface area contributed by atoms with E-state index in [1.54, 1.807) is 0 Å². The molecule has 2 aromatic rings. The van der Waals surface area contributed by atoms with Gasteiger partial charge in [0.05, 0.1) is 12.6 Å². The lowest BCUT2D eigenvalue weighted by Gasteiger charge is -2.11. The molecule has 17 heavy (non-hydrogen) atoms. The summed E-state index contributed by atoms with van der Waals surface area (Å²) in [6.07, 6.45) is 0. The molecule has 0 spiro atoms. The molecule has 0 saturated heterocycles. The lowest BCUT2D eigenvalue weighted by atomic mass is 9.97.